The van der Waals surface area contributed by atoms with Gasteiger partial charge in [0.05, 0.1) is 19.4 Å². The fraction of sp³-hybridized carbons (Fsp3) is 0.556. The molecule has 1 aliphatic carbocycles. The van der Waals surface area contributed by atoms with Gasteiger partial charge in [-0.05, 0) is 37.9 Å². The first-order valence-electron chi connectivity index (χ1n) is 9.33. The second kappa shape index (κ2) is 9.31. The molecule has 3 rings (SSSR count). The van der Waals surface area contributed by atoms with Crippen molar-refractivity contribution in [3.63, 3.8) is 0 Å². The van der Waals surface area contributed by atoms with Crippen LogP contribution in [-0.4, -0.2) is 46.2 Å². The lowest BCUT2D eigenvalue weighted by molar-refractivity contribution is -0.121. The summed E-state index contributed by atoms with van der Waals surface area (Å²) in [5.74, 6) is 0.826. The van der Waals surface area contributed by atoms with Gasteiger partial charge in [-0.25, -0.2) is 4.79 Å². The average molecular weight is 375 g/mol. The number of rotatable bonds is 8. The maximum Gasteiger partial charge on any atom is 0.321 e. The highest BCUT2D eigenvalue weighted by Gasteiger charge is 2.20. The van der Waals surface area contributed by atoms with Gasteiger partial charge in [-0.15, -0.1) is 10.2 Å². The number of urea groups is 1. The van der Waals surface area contributed by atoms with Crippen molar-refractivity contribution in [3.8, 4) is 11.7 Å². The van der Waals surface area contributed by atoms with Crippen LogP contribution in [0.25, 0.3) is 11.7 Å². The minimum absolute atomic E-state index is 0.0738. The van der Waals surface area contributed by atoms with Gasteiger partial charge in [-0.2, -0.15) is 0 Å². The van der Waals surface area contributed by atoms with Crippen molar-refractivity contribution >= 4 is 11.9 Å². The normalized spacial score (nSPS) is 14.6. The van der Waals surface area contributed by atoms with Crippen molar-refractivity contribution in [1.29, 1.82) is 0 Å². The molecule has 2 aromatic heterocycles. The Bertz CT molecular complexity index is 737. The lowest BCUT2D eigenvalue weighted by Crippen LogP contribution is -2.47. The number of carbonyl (C=O) groups is 2. The van der Waals surface area contributed by atoms with Crippen LogP contribution in [0.1, 0.15) is 44.9 Å². The van der Waals surface area contributed by atoms with Crippen molar-refractivity contribution < 1.29 is 18.4 Å². The number of imide groups is 1. The number of carbonyl (C=O) groups excluding carboxylic acids is 2. The Kier molecular flexibility index (Phi) is 6.59. The minimum Gasteiger partial charge on any atom is -0.459 e. The average Bonchev–Trinajstić information content (AvgIpc) is 3.37. The Balaban J connectivity index is 1.50. The largest absolute Gasteiger partial charge is 0.459 e. The molecule has 9 nitrogen and oxygen atoms in total. The van der Waals surface area contributed by atoms with E-state index in [2.05, 4.69) is 20.8 Å². The molecule has 3 amide bonds. The van der Waals surface area contributed by atoms with Crippen molar-refractivity contribution in [2.45, 2.75) is 51.6 Å². The summed E-state index contributed by atoms with van der Waals surface area (Å²) in [7, 11) is 0. The van der Waals surface area contributed by atoms with Crippen LogP contribution >= 0.6 is 0 Å². The molecule has 0 unspecified atom stereocenters. The Morgan fingerprint density at radius 3 is 2.81 bits per heavy atom. The van der Waals surface area contributed by atoms with Crippen molar-refractivity contribution in [2.75, 3.05) is 13.1 Å². The van der Waals surface area contributed by atoms with E-state index >= 15 is 0 Å². The predicted octanol–water partition coefficient (Wildman–Crippen LogP) is 2.31. The van der Waals surface area contributed by atoms with E-state index in [4.69, 9.17) is 8.83 Å². The summed E-state index contributed by atoms with van der Waals surface area (Å²) < 4.78 is 10.8. The number of hydrogen-bond acceptors (Lipinski definition) is 7. The number of furan rings is 1. The zero-order valence-electron chi connectivity index (χ0n) is 15.4. The lowest BCUT2D eigenvalue weighted by Gasteiger charge is -2.19. The minimum atomic E-state index is -0.429. The van der Waals surface area contributed by atoms with Gasteiger partial charge >= 0.3 is 6.03 Å². The van der Waals surface area contributed by atoms with Gasteiger partial charge in [0, 0.05) is 6.04 Å². The van der Waals surface area contributed by atoms with Crippen LogP contribution in [0, 0.1) is 0 Å². The highest BCUT2D eigenvalue weighted by atomic mass is 16.4. The van der Waals surface area contributed by atoms with E-state index in [9.17, 15) is 9.59 Å². The summed E-state index contributed by atoms with van der Waals surface area (Å²) in [5, 5.41) is 13.2. The first-order valence-corrected chi connectivity index (χ1v) is 9.33. The Labute approximate surface area is 157 Å². The van der Waals surface area contributed by atoms with E-state index in [1.807, 2.05) is 11.8 Å². The van der Waals surface area contributed by atoms with E-state index in [1.54, 1.807) is 12.1 Å². The molecule has 2 heterocycles. The van der Waals surface area contributed by atoms with Crippen LogP contribution in [0.4, 0.5) is 4.79 Å². The molecule has 1 saturated carbocycles. The third-order valence-corrected chi connectivity index (χ3v) is 4.41. The second-order valence-electron chi connectivity index (χ2n) is 6.69. The summed E-state index contributed by atoms with van der Waals surface area (Å²) >= 11 is 0. The Morgan fingerprint density at radius 2 is 2.11 bits per heavy atom. The maximum atomic E-state index is 12.2. The van der Waals surface area contributed by atoms with Crippen LogP contribution in [0.15, 0.2) is 27.2 Å². The third-order valence-electron chi connectivity index (χ3n) is 4.41. The Hall–Kier alpha value is -2.68. The SMILES string of the molecule is CCCN(CC(=O)NC(=O)NC1CCCC1)Cc1nnc(-c2ccco2)o1. The molecular formula is C18H25N5O4. The van der Waals surface area contributed by atoms with Gasteiger partial charge in [0.1, 0.15) is 0 Å². The lowest BCUT2D eigenvalue weighted by atomic mass is 10.2. The van der Waals surface area contributed by atoms with E-state index in [-0.39, 0.29) is 18.5 Å². The zero-order chi connectivity index (χ0) is 19.1. The van der Waals surface area contributed by atoms with E-state index in [0.717, 1.165) is 32.1 Å². The van der Waals surface area contributed by atoms with Crippen molar-refractivity contribution in [3.05, 3.63) is 24.3 Å². The first kappa shape index (κ1) is 19.1. The molecule has 0 saturated heterocycles. The van der Waals surface area contributed by atoms with Crippen LogP contribution in [0.5, 0.6) is 0 Å². The monoisotopic (exact) mass is 375 g/mol. The zero-order valence-corrected chi connectivity index (χ0v) is 15.4. The molecule has 0 spiro atoms. The summed E-state index contributed by atoms with van der Waals surface area (Å²) in [6.45, 7) is 3.07. The number of nitrogens with zero attached hydrogens (tertiary/aromatic N) is 3. The van der Waals surface area contributed by atoms with Crippen LogP contribution in [0.3, 0.4) is 0 Å². The first-order chi connectivity index (χ1) is 13.1. The quantitative estimate of drug-likeness (QED) is 0.728. The fourth-order valence-electron chi connectivity index (χ4n) is 3.20. The standard InChI is InChI=1S/C18H25N5O4/c1-2-9-23(11-15(24)20-18(25)19-13-6-3-4-7-13)12-16-21-22-17(27-16)14-8-5-10-26-14/h5,8,10,13H,2-4,6-7,9,11-12H2,1H3,(H2,19,20,24,25). The van der Waals surface area contributed by atoms with Gasteiger partial charge in [0.15, 0.2) is 5.76 Å². The van der Waals surface area contributed by atoms with Gasteiger partial charge in [-0.3, -0.25) is 15.0 Å². The summed E-state index contributed by atoms with van der Waals surface area (Å²) in [5.41, 5.74) is 0. The van der Waals surface area contributed by atoms with Crippen molar-refractivity contribution in [2.24, 2.45) is 0 Å². The van der Waals surface area contributed by atoms with Gasteiger partial charge in [0.25, 0.3) is 5.89 Å². The molecule has 146 valence electrons. The summed E-state index contributed by atoms with van der Waals surface area (Å²) in [4.78, 5) is 26.0. The van der Waals surface area contributed by atoms with Crippen LogP contribution in [-0.2, 0) is 11.3 Å². The molecule has 0 bridgehead atoms. The summed E-state index contributed by atoms with van der Waals surface area (Å²) in [6.07, 6.45) is 6.56. The number of hydrogen-bond donors (Lipinski definition) is 2. The molecule has 27 heavy (non-hydrogen) atoms. The van der Waals surface area contributed by atoms with E-state index in [0.29, 0.717) is 30.6 Å². The van der Waals surface area contributed by atoms with Crippen molar-refractivity contribution in [1.82, 2.24) is 25.7 Å². The molecule has 2 N–H and O–H groups in total. The molecule has 9 heteroatoms. The molecule has 2 aromatic rings. The fourth-order valence-corrected chi connectivity index (χ4v) is 3.20. The van der Waals surface area contributed by atoms with Gasteiger partial charge < -0.3 is 14.2 Å². The maximum absolute atomic E-state index is 12.2. The summed E-state index contributed by atoms with van der Waals surface area (Å²) in [6, 6.07) is 3.21. The molecule has 1 fully saturated rings. The smallest absolute Gasteiger partial charge is 0.321 e. The molecule has 0 radical (unpaired) electrons. The van der Waals surface area contributed by atoms with Crippen LogP contribution in [0.2, 0.25) is 0 Å². The Morgan fingerprint density at radius 1 is 1.30 bits per heavy atom. The van der Waals surface area contributed by atoms with Gasteiger partial charge in [-0.1, -0.05) is 19.8 Å². The van der Waals surface area contributed by atoms with Crippen LogP contribution < -0.4 is 10.6 Å². The topological polar surface area (TPSA) is 114 Å². The highest BCUT2D eigenvalue weighted by Crippen LogP contribution is 2.19. The molecule has 1 aliphatic rings. The number of nitrogens with one attached hydrogen (secondary N) is 2. The third kappa shape index (κ3) is 5.65. The predicted molar refractivity (Wildman–Crippen MR) is 96.5 cm³/mol. The molecule has 0 atom stereocenters. The molecule has 0 aromatic carbocycles. The second-order valence-corrected chi connectivity index (χ2v) is 6.69. The molecule has 0 aliphatic heterocycles. The van der Waals surface area contributed by atoms with Gasteiger partial charge in [0.2, 0.25) is 11.8 Å². The van der Waals surface area contributed by atoms with E-state index < -0.39 is 6.03 Å². The molecular weight excluding hydrogens is 350 g/mol. The number of amides is 3. The number of aromatic nitrogens is 2. The van der Waals surface area contributed by atoms with E-state index in [1.165, 1.54) is 6.26 Å². The highest BCUT2D eigenvalue weighted by molar-refractivity contribution is 5.95.